The van der Waals surface area contributed by atoms with Crippen molar-refractivity contribution in [1.29, 1.82) is 0 Å². The molecule has 0 unspecified atom stereocenters. The van der Waals surface area contributed by atoms with Crippen LogP contribution in [0, 0.1) is 13.8 Å². The minimum absolute atomic E-state index is 0.187. The highest BCUT2D eigenvalue weighted by Crippen LogP contribution is 2.39. The Hall–Kier alpha value is -4.53. The average molecular weight is 595 g/mol. The van der Waals surface area contributed by atoms with Gasteiger partial charge < -0.3 is 9.88 Å². The van der Waals surface area contributed by atoms with E-state index in [2.05, 4.69) is 34.1 Å². The van der Waals surface area contributed by atoms with Crippen molar-refractivity contribution in [2.24, 2.45) is 0 Å². The van der Waals surface area contributed by atoms with Crippen LogP contribution in [-0.2, 0) is 18.9 Å². The second kappa shape index (κ2) is 11.3. The molecule has 0 radical (unpaired) electrons. The molecule has 3 nitrogen and oxygen atoms in total. The van der Waals surface area contributed by atoms with Crippen LogP contribution in [0.3, 0.4) is 0 Å². The van der Waals surface area contributed by atoms with Gasteiger partial charge in [-0.05, 0) is 85.0 Å². The Balaban J connectivity index is 1.40. The van der Waals surface area contributed by atoms with E-state index in [-0.39, 0.29) is 5.56 Å². The second-order valence-corrected chi connectivity index (χ2v) is 10.6. The van der Waals surface area contributed by atoms with Gasteiger partial charge in [0.2, 0.25) is 0 Å². The number of nitrogens with one attached hydrogen (secondary N) is 1. The zero-order chi connectivity index (χ0) is 31.1. The number of nitrogens with zero attached hydrogens (tertiary/aromatic N) is 1. The van der Waals surface area contributed by atoms with Crippen LogP contribution in [0.25, 0.3) is 22.0 Å². The summed E-state index contributed by atoms with van der Waals surface area (Å²) in [6.45, 7) is 5.72. The molecule has 1 amide bonds. The Kier molecular flexibility index (Phi) is 7.86. The third kappa shape index (κ3) is 6.16. The molecule has 0 aliphatic carbocycles. The van der Waals surface area contributed by atoms with Gasteiger partial charge >= 0.3 is 12.4 Å². The quantitative estimate of drug-likeness (QED) is 0.195. The molecule has 5 aromatic rings. The molecule has 9 heteroatoms. The van der Waals surface area contributed by atoms with Gasteiger partial charge in [-0.15, -0.1) is 0 Å². The van der Waals surface area contributed by atoms with Crippen molar-refractivity contribution in [3.63, 3.8) is 0 Å². The minimum atomic E-state index is -4.89. The Morgan fingerprint density at radius 3 is 2.07 bits per heavy atom. The molecule has 5 rings (SSSR count). The summed E-state index contributed by atoms with van der Waals surface area (Å²) in [5.74, 6) is -0.693. The molecular formula is C34H28F6N2O. The second-order valence-electron chi connectivity index (χ2n) is 10.6. The largest absolute Gasteiger partial charge is 0.416 e. The number of rotatable bonds is 6. The molecule has 222 valence electrons. The number of benzene rings is 4. The normalized spacial score (nSPS) is 12.9. The van der Waals surface area contributed by atoms with E-state index in [0.717, 1.165) is 38.9 Å². The van der Waals surface area contributed by atoms with Crippen LogP contribution in [0.4, 0.5) is 26.3 Å². The van der Waals surface area contributed by atoms with Crippen molar-refractivity contribution >= 4 is 16.8 Å². The maximum atomic E-state index is 13.6. The van der Waals surface area contributed by atoms with Crippen molar-refractivity contribution < 1.29 is 31.1 Å². The standard InChI is InChI=1S/C34H28F6N2O/c1-20-22(3)42(19-23-9-11-25(12-10-23)24-7-5-4-6-8-24)31-16-13-26(17-28(20)31)32(43)41-21(2)29-18-27(33(35,36)37)14-15-30(29)34(38,39)40/h4-18,21H,19H2,1-3H3,(H,41,43)/t21-/m0/s1. The summed E-state index contributed by atoms with van der Waals surface area (Å²) in [4.78, 5) is 13.1. The summed E-state index contributed by atoms with van der Waals surface area (Å²) in [5.41, 5.74) is 3.19. The van der Waals surface area contributed by atoms with Gasteiger partial charge in [0.1, 0.15) is 0 Å². The number of alkyl halides is 6. The molecule has 0 aliphatic rings. The van der Waals surface area contributed by atoms with Gasteiger partial charge in [-0.25, -0.2) is 0 Å². The van der Waals surface area contributed by atoms with Crippen molar-refractivity contribution in [3.05, 3.63) is 130 Å². The zero-order valence-corrected chi connectivity index (χ0v) is 23.6. The van der Waals surface area contributed by atoms with Gasteiger partial charge in [0.25, 0.3) is 5.91 Å². The molecule has 0 saturated heterocycles. The number of hydrogen-bond donors (Lipinski definition) is 1. The van der Waals surface area contributed by atoms with E-state index in [1.165, 1.54) is 6.92 Å². The molecule has 0 saturated carbocycles. The number of carbonyl (C=O) groups excluding carboxylic acids is 1. The highest BCUT2D eigenvalue weighted by Gasteiger charge is 2.38. The lowest BCUT2D eigenvalue weighted by molar-refractivity contribution is -0.142. The van der Waals surface area contributed by atoms with Crippen LogP contribution in [-0.4, -0.2) is 10.5 Å². The predicted octanol–water partition coefficient (Wildman–Crippen LogP) is 9.50. The van der Waals surface area contributed by atoms with Crippen molar-refractivity contribution in [1.82, 2.24) is 9.88 Å². The lowest BCUT2D eigenvalue weighted by Crippen LogP contribution is -2.28. The highest BCUT2D eigenvalue weighted by atomic mass is 19.4. The van der Waals surface area contributed by atoms with Crippen LogP contribution in [0.5, 0.6) is 0 Å². The summed E-state index contributed by atoms with van der Waals surface area (Å²) < 4.78 is 82.8. The molecule has 0 aliphatic heterocycles. The third-order valence-electron chi connectivity index (χ3n) is 7.80. The van der Waals surface area contributed by atoms with Crippen LogP contribution in [0.2, 0.25) is 0 Å². The van der Waals surface area contributed by atoms with Gasteiger partial charge in [0, 0.05) is 28.7 Å². The van der Waals surface area contributed by atoms with Gasteiger partial charge in [0.05, 0.1) is 17.2 Å². The number of carbonyl (C=O) groups is 1. The lowest BCUT2D eigenvalue weighted by atomic mass is 9.97. The molecule has 1 atom stereocenters. The first-order valence-electron chi connectivity index (χ1n) is 13.6. The molecule has 43 heavy (non-hydrogen) atoms. The van der Waals surface area contributed by atoms with Gasteiger partial charge in [0.15, 0.2) is 0 Å². The van der Waals surface area contributed by atoms with E-state index in [0.29, 0.717) is 24.7 Å². The third-order valence-corrected chi connectivity index (χ3v) is 7.80. The number of fused-ring (bicyclic) bond motifs is 1. The maximum absolute atomic E-state index is 13.6. The predicted molar refractivity (Wildman–Crippen MR) is 155 cm³/mol. The lowest BCUT2D eigenvalue weighted by Gasteiger charge is -2.21. The van der Waals surface area contributed by atoms with Crippen molar-refractivity contribution in [2.75, 3.05) is 0 Å². The van der Waals surface area contributed by atoms with Crippen LogP contribution in [0.15, 0.2) is 91.0 Å². The van der Waals surface area contributed by atoms with Gasteiger partial charge in [-0.2, -0.15) is 26.3 Å². The van der Waals surface area contributed by atoms with E-state index in [9.17, 15) is 31.1 Å². The maximum Gasteiger partial charge on any atom is 0.416 e. The molecular weight excluding hydrogens is 566 g/mol. The molecule has 0 spiro atoms. The number of aromatic nitrogens is 1. The molecule has 0 fully saturated rings. The monoisotopic (exact) mass is 594 g/mol. The number of aryl methyl sites for hydroxylation is 1. The molecule has 0 bridgehead atoms. The minimum Gasteiger partial charge on any atom is -0.346 e. The SMILES string of the molecule is Cc1c(C)n(Cc2ccc(-c3ccccc3)cc2)c2ccc(C(=O)N[C@@H](C)c3cc(C(F)(F)F)ccc3C(F)(F)F)cc12. The Labute approximate surface area is 244 Å². The zero-order valence-electron chi connectivity index (χ0n) is 23.6. The first-order chi connectivity index (χ1) is 20.2. The average Bonchev–Trinajstić information content (AvgIpc) is 3.21. The summed E-state index contributed by atoms with van der Waals surface area (Å²) in [6, 6.07) is 23.2. The molecule has 4 aromatic carbocycles. The van der Waals surface area contributed by atoms with Gasteiger partial charge in [-0.1, -0.05) is 54.6 Å². The molecule has 1 aromatic heterocycles. The van der Waals surface area contributed by atoms with E-state index in [4.69, 9.17) is 0 Å². The topological polar surface area (TPSA) is 34.0 Å². The summed E-state index contributed by atoms with van der Waals surface area (Å²) in [6.07, 6.45) is -9.73. The first kappa shape index (κ1) is 29.9. The summed E-state index contributed by atoms with van der Waals surface area (Å²) in [7, 11) is 0. The van der Waals surface area contributed by atoms with Crippen LogP contribution in [0.1, 0.15) is 56.8 Å². The smallest absolute Gasteiger partial charge is 0.346 e. The fourth-order valence-corrected chi connectivity index (χ4v) is 5.32. The number of halogens is 6. The number of hydrogen-bond acceptors (Lipinski definition) is 1. The van der Waals surface area contributed by atoms with Crippen LogP contribution < -0.4 is 5.32 Å². The first-order valence-corrected chi connectivity index (χ1v) is 13.6. The summed E-state index contributed by atoms with van der Waals surface area (Å²) >= 11 is 0. The van der Waals surface area contributed by atoms with E-state index < -0.39 is 41.0 Å². The van der Waals surface area contributed by atoms with Gasteiger partial charge in [-0.3, -0.25) is 4.79 Å². The van der Waals surface area contributed by atoms with Crippen molar-refractivity contribution in [2.45, 2.75) is 45.7 Å². The molecule has 1 N–H and O–H groups in total. The van der Waals surface area contributed by atoms with E-state index in [1.807, 2.05) is 44.2 Å². The fourth-order valence-electron chi connectivity index (χ4n) is 5.32. The van der Waals surface area contributed by atoms with E-state index >= 15 is 0 Å². The Morgan fingerprint density at radius 1 is 0.791 bits per heavy atom. The number of amides is 1. The highest BCUT2D eigenvalue weighted by molar-refractivity contribution is 5.99. The summed E-state index contributed by atoms with van der Waals surface area (Å²) in [5, 5.41) is 3.25. The van der Waals surface area contributed by atoms with E-state index in [1.54, 1.807) is 18.2 Å². The Bertz CT molecular complexity index is 1780. The molecule has 1 heterocycles. The Morgan fingerprint density at radius 2 is 1.44 bits per heavy atom. The van der Waals surface area contributed by atoms with Crippen LogP contribution >= 0.6 is 0 Å². The fraction of sp³-hybridized carbons (Fsp3) is 0.206. The van der Waals surface area contributed by atoms with Crippen molar-refractivity contribution in [3.8, 4) is 11.1 Å².